The van der Waals surface area contributed by atoms with Gasteiger partial charge in [0, 0.05) is 31.1 Å². The van der Waals surface area contributed by atoms with Gasteiger partial charge in [0.15, 0.2) is 0 Å². The molecule has 178 valence electrons. The third-order valence-corrected chi connectivity index (χ3v) is 7.07. The predicted octanol–water partition coefficient (Wildman–Crippen LogP) is 3.08. The second kappa shape index (κ2) is 10.4. The Hall–Kier alpha value is -3.22. The quantitative estimate of drug-likeness (QED) is 0.539. The smallest absolute Gasteiger partial charge is 0.273 e. The number of nitrogens with zero attached hydrogens (tertiary/aromatic N) is 4. The number of aromatic nitrogens is 2. The number of hydrogen-bond acceptors (Lipinski definition) is 7. The number of nitriles is 1. The van der Waals surface area contributed by atoms with Crippen molar-refractivity contribution in [2.75, 3.05) is 24.5 Å². The number of nitrogens with two attached hydrogens (primary N) is 1. The zero-order chi connectivity index (χ0) is 24.2. The molecule has 0 bridgehead atoms. The molecule has 3 heterocycles. The Balaban J connectivity index is 1.80. The van der Waals surface area contributed by atoms with Crippen molar-refractivity contribution < 1.29 is 4.79 Å². The van der Waals surface area contributed by atoms with Gasteiger partial charge in [-0.1, -0.05) is 32.0 Å². The summed E-state index contributed by atoms with van der Waals surface area (Å²) in [5.41, 5.74) is 8.15. The van der Waals surface area contributed by atoms with Crippen LogP contribution in [0, 0.1) is 17.2 Å². The van der Waals surface area contributed by atoms with Crippen LogP contribution in [0.3, 0.4) is 0 Å². The van der Waals surface area contributed by atoms with Crippen LogP contribution in [0.4, 0.5) is 5.95 Å². The summed E-state index contributed by atoms with van der Waals surface area (Å²) in [6, 6.07) is 9.45. The van der Waals surface area contributed by atoms with Crippen LogP contribution in [0.15, 0.2) is 34.4 Å². The van der Waals surface area contributed by atoms with E-state index in [1.807, 2.05) is 17.0 Å². The van der Waals surface area contributed by atoms with Crippen LogP contribution >= 0.6 is 11.3 Å². The molecule has 1 aliphatic heterocycles. The van der Waals surface area contributed by atoms with Gasteiger partial charge in [-0.05, 0) is 36.8 Å². The van der Waals surface area contributed by atoms with Crippen LogP contribution in [-0.2, 0) is 6.54 Å². The molecule has 3 aromatic rings. The molecule has 0 aliphatic carbocycles. The fourth-order valence-electron chi connectivity index (χ4n) is 4.23. The maximum absolute atomic E-state index is 13.7. The maximum Gasteiger partial charge on any atom is 0.273 e. The topological polar surface area (TPSA) is 117 Å². The zero-order valence-electron chi connectivity index (χ0n) is 19.6. The van der Waals surface area contributed by atoms with E-state index in [4.69, 9.17) is 10.7 Å². The average molecular weight is 479 g/mol. The molecular weight excluding hydrogens is 448 g/mol. The highest BCUT2D eigenvalue weighted by Gasteiger charge is 2.25. The maximum atomic E-state index is 13.7. The van der Waals surface area contributed by atoms with Crippen LogP contribution < -0.4 is 21.5 Å². The van der Waals surface area contributed by atoms with Gasteiger partial charge in [0.2, 0.25) is 5.95 Å². The van der Waals surface area contributed by atoms with E-state index in [2.05, 4.69) is 25.2 Å². The lowest BCUT2D eigenvalue weighted by atomic mass is 10.1. The minimum atomic E-state index is -0.215. The van der Waals surface area contributed by atoms with Crippen molar-refractivity contribution in [3.05, 3.63) is 56.7 Å². The van der Waals surface area contributed by atoms with Crippen LogP contribution in [-0.4, -0.2) is 41.1 Å². The standard InChI is InChI=1S/C25H30N6O2S/c1-16(2)9-10-28-23(32)20-15-34-22-21(20)29-25(30-11-5-8-19(27)14-30)31(24(22)33)13-18-7-4-3-6-17(18)12-26/h3-4,6-7,15-16,19H,5,8-11,13-14,27H2,1-2H3,(H,28,32)/t19-/m1/s1. The summed E-state index contributed by atoms with van der Waals surface area (Å²) in [5.74, 6) is 0.763. The lowest BCUT2D eigenvalue weighted by Gasteiger charge is -2.33. The van der Waals surface area contributed by atoms with E-state index in [9.17, 15) is 14.9 Å². The van der Waals surface area contributed by atoms with E-state index in [0.29, 0.717) is 46.3 Å². The van der Waals surface area contributed by atoms with Crippen LogP contribution in [0.25, 0.3) is 10.2 Å². The number of amides is 1. The second-order valence-corrected chi connectivity index (χ2v) is 10.1. The molecule has 1 fully saturated rings. The number of thiophene rings is 1. The summed E-state index contributed by atoms with van der Waals surface area (Å²) in [7, 11) is 0. The number of nitrogens with one attached hydrogen (secondary N) is 1. The summed E-state index contributed by atoms with van der Waals surface area (Å²) in [5, 5.41) is 14.2. The number of fused-ring (bicyclic) bond motifs is 1. The van der Waals surface area contributed by atoms with E-state index in [0.717, 1.165) is 31.4 Å². The first-order chi connectivity index (χ1) is 16.4. The van der Waals surface area contributed by atoms with E-state index < -0.39 is 0 Å². The highest BCUT2D eigenvalue weighted by molar-refractivity contribution is 7.17. The molecule has 0 unspecified atom stereocenters. The van der Waals surface area contributed by atoms with E-state index >= 15 is 0 Å². The van der Waals surface area contributed by atoms with E-state index in [1.54, 1.807) is 22.1 Å². The van der Waals surface area contributed by atoms with Gasteiger partial charge in [0.1, 0.15) is 10.2 Å². The number of rotatable bonds is 7. The Morgan fingerprint density at radius 3 is 2.91 bits per heavy atom. The first kappa shape index (κ1) is 23.9. The van der Waals surface area contributed by atoms with E-state index in [-0.39, 0.29) is 24.1 Å². The largest absolute Gasteiger partial charge is 0.352 e. The normalized spacial score (nSPS) is 16.1. The minimum Gasteiger partial charge on any atom is -0.352 e. The van der Waals surface area contributed by atoms with Crippen molar-refractivity contribution in [3.63, 3.8) is 0 Å². The van der Waals surface area contributed by atoms with Crippen molar-refractivity contribution >= 4 is 33.4 Å². The third-order valence-electron chi connectivity index (χ3n) is 6.12. The van der Waals surface area contributed by atoms with Gasteiger partial charge in [-0.3, -0.25) is 14.2 Å². The third kappa shape index (κ3) is 4.98. The highest BCUT2D eigenvalue weighted by atomic mass is 32.1. The van der Waals surface area contributed by atoms with Crippen molar-refractivity contribution in [2.24, 2.45) is 11.7 Å². The second-order valence-electron chi connectivity index (χ2n) is 9.19. The fraction of sp³-hybridized carbons (Fsp3) is 0.440. The van der Waals surface area contributed by atoms with Crippen LogP contribution in [0.2, 0.25) is 0 Å². The molecule has 8 nitrogen and oxygen atoms in total. The molecule has 1 aliphatic rings. The van der Waals surface area contributed by atoms with Crippen molar-refractivity contribution in [3.8, 4) is 6.07 Å². The van der Waals surface area contributed by atoms with Crippen LogP contribution in [0.5, 0.6) is 0 Å². The Labute approximate surface area is 203 Å². The molecule has 9 heteroatoms. The molecule has 1 saturated heterocycles. The summed E-state index contributed by atoms with van der Waals surface area (Å²) < 4.78 is 2.06. The first-order valence-electron chi connectivity index (χ1n) is 11.7. The summed E-state index contributed by atoms with van der Waals surface area (Å²) in [6.07, 6.45) is 2.70. The number of anilines is 1. The summed E-state index contributed by atoms with van der Waals surface area (Å²) >= 11 is 1.23. The highest BCUT2D eigenvalue weighted by Crippen LogP contribution is 2.26. The number of carbonyl (C=O) groups is 1. The zero-order valence-corrected chi connectivity index (χ0v) is 20.4. The number of carbonyl (C=O) groups excluding carboxylic acids is 1. The molecular formula is C25H30N6O2S. The number of benzene rings is 1. The monoisotopic (exact) mass is 478 g/mol. The van der Waals surface area contributed by atoms with Gasteiger partial charge in [-0.25, -0.2) is 4.98 Å². The Kier molecular flexibility index (Phi) is 7.29. The Bertz CT molecular complexity index is 1290. The van der Waals surface area contributed by atoms with Gasteiger partial charge in [-0.15, -0.1) is 11.3 Å². The predicted molar refractivity (Wildman–Crippen MR) is 135 cm³/mol. The minimum absolute atomic E-state index is 0.0116. The molecule has 0 saturated carbocycles. The van der Waals surface area contributed by atoms with Crippen LogP contribution in [0.1, 0.15) is 54.6 Å². The molecule has 3 N–H and O–H groups in total. The molecule has 1 amide bonds. The lowest BCUT2D eigenvalue weighted by Crippen LogP contribution is -2.45. The number of hydrogen-bond donors (Lipinski definition) is 2. The fourth-order valence-corrected chi connectivity index (χ4v) is 5.16. The van der Waals surface area contributed by atoms with Gasteiger partial charge < -0.3 is 16.0 Å². The summed E-state index contributed by atoms with van der Waals surface area (Å²) in [4.78, 5) is 33.5. The van der Waals surface area contributed by atoms with Crippen molar-refractivity contribution in [2.45, 2.75) is 45.7 Å². The number of piperidine rings is 1. The first-order valence-corrected chi connectivity index (χ1v) is 12.6. The molecule has 0 radical (unpaired) electrons. The molecule has 1 aromatic carbocycles. The van der Waals surface area contributed by atoms with Crippen molar-refractivity contribution in [1.29, 1.82) is 5.26 Å². The molecule has 4 rings (SSSR count). The Morgan fingerprint density at radius 1 is 1.38 bits per heavy atom. The molecule has 34 heavy (non-hydrogen) atoms. The lowest BCUT2D eigenvalue weighted by molar-refractivity contribution is 0.0954. The van der Waals surface area contributed by atoms with Gasteiger partial charge in [-0.2, -0.15) is 5.26 Å². The summed E-state index contributed by atoms with van der Waals surface area (Å²) in [6.45, 7) is 6.32. The molecule has 2 aromatic heterocycles. The SMILES string of the molecule is CC(C)CCNC(=O)c1csc2c(=O)n(Cc3ccccc3C#N)c(N3CCC[C@@H](N)C3)nc12. The average Bonchev–Trinajstić information content (AvgIpc) is 3.25. The van der Waals surface area contributed by atoms with Crippen molar-refractivity contribution in [1.82, 2.24) is 14.9 Å². The molecule has 0 spiro atoms. The van der Waals surface area contributed by atoms with Gasteiger partial charge >= 0.3 is 0 Å². The van der Waals surface area contributed by atoms with Gasteiger partial charge in [0.05, 0.1) is 23.7 Å². The van der Waals surface area contributed by atoms with Gasteiger partial charge in [0.25, 0.3) is 11.5 Å². The Morgan fingerprint density at radius 2 is 2.18 bits per heavy atom. The molecule has 1 atom stereocenters. The van der Waals surface area contributed by atoms with E-state index in [1.165, 1.54) is 11.3 Å².